The van der Waals surface area contributed by atoms with Crippen LogP contribution in [0.5, 0.6) is 11.5 Å². The summed E-state index contributed by atoms with van der Waals surface area (Å²) in [5.41, 5.74) is 2.86. The Morgan fingerprint density at radius 3 is 2.28 bits per heavy atom. The van der Waals surface area contributed by atoms with Crippen LogP contribution in [0.4, 0.5) is 10.5 Å². The van der Waals surface area contributed by atoms with E-state index in [2.05, 4.69) is 10.2 Å². The quantitative estimate of drug-likeness (QED) is 0.506. The molecule has 2 amide bonds. The summed E-state index contributed by atoms with van der Waals surface area (Å²) in [5.74, 6) is 0.537. The van der Waals surface area contributed by atoms with E-state index in [1.54, 1.807) is 26.4 Å². The topological polar surface area (TPSA) is 118 Å². The van der Waals surface area contributed by atoms with Crippen LogP contribution in [0.15, 0.2) is 36.4 Å². The van der Waals surface area contributed by atoms with Crippen LogP contribution in [0.2, 0.25) is 0 Å². The molecule has 0 saturated carbocycles. The number of hydrogen-bond acceptors (Lipinski definition) is 7. The smallest absolute Gasteiger partial charge is 0.407 e. The Morgan fingerprint density at radius 2 is 1.67 bits per heavy atom. The van der Waals surface area contributed by atoms with E-state index < -0.39 is 6.09 Å². The van der Waals surface area contributed by atoms with Crippen molar-refractivity contribution in [3.63, 3.8) is 0 Å². The minimum absolute atomic E-state index is 0.151. The van der Waals surface area contributed by atoms with Gasteiger partial charge in [-0.15, -0.1) is 0 Å². The molecule has 194 valence electrons. The molecule has 2 aromatic carbocycles. The zero-order valence-electron chi connectivity index (χ0n) is 21.1. The first-order chi connectivity index (χ1) is 17.3. The minimum atomic E-state index is -0.933. The van der Waals surface area contributed by atoms with E-state index in [1.807, 2.05) is 31.2 Å². The maximum atomic E-state index is 13.4. The molecule has 0 aliphatic carbocycles. The molecular weight excluding hydrogens is 466 g/mol. The number of amides is 2. The van der Waals surface area contributed by atoms with Crippen LogP contribution in [0.3, 0.4) is 0 Å². The number of esters is 1. The number of nitrogens with one attached hydrogen (secondary N) is 1. The zero-order chi connectivity index (χ0) is 26.2. The minimum Gasteiger partial charge on any atom is -0.493 e. The zero-order valence-corrected chi connectivity index (χ0v) is 21.1. The highest BCUT2D eigenvalue weighted by Crippen LogP contribution is 2.30. The number of carboxylic acid groups (broad SMARTS) is 1. The summed E-state index contributed by atoms with van der Waals surface area (Å²) in [6, 6.07) is 10.7. The van der Waals surface area contributed by atoms with Gasteiger partial charge in [-0.1, -0.05) is 12.1 Å². The molecule has 1 unspecified atom stereocenters. The van der Waals surface area contributed by atoms with Crippen molar-refractivity contribution in [2.75, 3.05) is 52.4 Å². The summed E-state index contributed by atoms with van der Waals surface area (Å²) in [6.07, 6.45) is -0.427. The largest absolute Gasteiger partial charge is 0.493 e. The number of carbonyl (C=O) groups is 3. The lowest BCUT2D eigenvalue weighted by molar-refractivity contribution is -0.140. The Hall–Kier alpha value is -3.95. The molecule has 36 heavy (non-hydrogen) atoms. The number of aryl methyl sites for hydroxylation is 1. The van der Waals surface area contributed by atoms with Gasteiger partial charge in [-0.05, 0) is 48.7 Å². The van der Waals surface area contributed by atoms with E-state index in [0.29, 0.717) is 49.7 Å². The molecule has 10 heteroatoms. The van der Waals surface area contributed by atoms with E-state index in [0.717, 1.165) is 16.8 Å². The maximum Gasteiger partial charge on any atom is 0.407 e. The summed E-state index contributed by atoms with van der Waals surface area (Å²) in [4.78, 5) is 39.8. The summed E-state index contributed by atoms with van der Waals surface area (Å²) in [6.45, 7) is 3.70. The van der Waals surface area contributed by atoms with Crippen LogP contribution >= 0.6 is 0 Å². The van der Waals surface area contributed by atoms with Crippen molar-refractivity contribution in [2.45, 2.75) is 25.8 Å². The fourth-order valence-electron chi connectivity index (χ4n) is 4.17. The van der Waals surface area contributed by atoms with Crippen LogP contribution in [0.25, 0.3) is 0 Å². The first kappa shape index (κ1) is 26.7. The number of ether oxygens (including phenoxy) is 3. The number of carbonyl (C=O) groups excluding carboxylic acids is 2. The van der Waals surface area contributed by atoms with Gasteiger partial charge < -0.3 is 34.4 Å². The van der Waals surface area contributed by atoms with Crippen molar-refractivity contribution in [1.82, 2.24) is 10.2 Å². The third kappa shape index (κ3) is 6.38. The Labute approximate surface area is 210 Å². The van der Waals surface area contributed by atoms with Gasteiger partial charge in [0.15, 0.2) is 11.5 Å². The predicted octanol–water partition coefficient (Wildman–Crippen LogP) is 3.10. The van der Waals surface area contributed by atoms with E-state index >= 15 is 0 Å². The SMILES string of the molecule is COC(=O)CCc1ccc(N2CCN(C(=O)O)CC2)cc1C(=O)NC(C)c1ccc(OC)c(OC)c1. The standard InChI is InChI=1S/C26H33N3O7/c1-17(19-6-9-22(34-2)23(15-19)35-3)27-25(31)21-16-20(8-5-18(21)7-10-24(30)36-4)28-11-13-29(14-12-28)26(32)33/h5-6,8-9,15-17H,7,10-14H2,1-4H3,(H,27,31)(H,32,33). The van der Waals surface area contributed by atoms with E-state index in [9.17, 15) is 19.5 Å². The lowest BCUT2D eigenvalue weighted by Crippen LogP contribution is -2.48. The average Bonchev–Trinajstić information content (AvgIpc) is 2.91. The number of hydrogen-bond donors (Lipinski definition) is 2. The number of anilines is 1. The lowest BCUT2D eigenvalue weighted by Gasteiger charge is -2.35. The van der Waals surface area contributed by atoms with E-state index in [1.165, 1.54) is 12.0 Å². The highest BCUT2D eigenvalue weighted by Gasteiger charge is 2.23. The van der Waals surface area contributed by atoms with E-state index in [4.69, 9.17) is 14.2 Å². The molecule has 3 rings (SSSR count). The summed E-state index contributed by atoms with van der Waals surface area (Å²) in [5, 5.41) is 12.3. The molecule has 0 radical (unpaired) electrons. The molecule has 2 aromatic rings. The van der Waals surface area contributed by atoms with Gasteiger partial charge in [-0.2, -0.15) is 0 Å². The molecule has 1 saturated heterocycles. The summed E-state index contributed by atoms with van der Waals surface area (Å²) >= 11 is 0. The fourth-order valence-corrected chi connectivity index (χ4v) is 4.17. The normalized spacial score (nSPS) is 14.1. The van der Waals surface area contributed by atoms with Crippen LogP contribution in [0, 0.1) is 0 Å². The van der Waals surface area contributed by atoms with Crippen molar-refractivity contribution < 1.29 is 33.7 Å². The first-order valence-electron chi connectivity index (χ1n) is 11.7. The van der Waals surface area contributed by atoms with Crippen LogP contribution in [-0.2, 0) is 16.0 Å². The van der Waals surface area contributed by atoms with Gasteiger partial charge in [0, 0.05) is 43.9 Å². The molecular formula is C26H33N3O7. The molecule has 10 nitrogen and oxygen atoms in total. The second-order valence-electron chi connectivity index (χ2n) is 8.48. The molecule has 0 aromatic heterocycles. The number of piperazine rings is 1. The van der Waals surface area contributed by atoms with Crippen LogP contribution in [-0.4, -0.2) is 75.5 Å². The Morgan fingerprint density at radius 1 is 0.972 bits per heavy atom. The van der Waals surface area contributed by atoms with Gasteiger partial charge in [0.1, 0.15) is 0 Å². The Balaban J connectivity index is 1.83. The molecule has 0 bridgehead atoms. The van der Waals surface area contributed by atoms with Gasteiger partial charge >= 0.3 is 12.1 Å². The van der Waals surface area contributed by atoms with Crippen molar-refractivity contribution in [2.24, 2.45) is 0 Å². The molecule has 1 fully saturated rings. The Bertz CT molecular complexity index is 1100. The highest BCUT2D eigenvalue weighted by molar-refractivity contribution is 5.97. The third-order valence-corrected chi connectivity index (χ3v) is 6.33. The van der Waals surface area contributed by atoms with E-state index in [-0.39, 0.29) is 24.3 Å². The third-order valence-electron chi connectivity index (χ3n) is 6.33. The second-order valence-corrected chi connectivity index (χ2v) is 8.48. The number of rotatable bonds is 9. The van der Waals surface area contributed by atoms with Crippen LogP contribution in [0.1, 0.15) is 40.9 Å². The molecule has 2 N–H and O–H groups in total. The van der Waals surface area contributed by atoms with Gasteiger partial charge in [0.25, 0.3) is 5.91 Å². The fraction of sp³-hybridized carbons (Fsp3) is 0.423. The van der Waals surface area contributed by atoms with Crippen molar-refractivity contribution in [1.29, 1.82) is 0 Å². The molecule has 1 heterocycles. The monoisotopic (exact) mass is 499 g/mol. The van der Waals surface area contributed by atoms with Gasteiger partial charge in [0.2, 0.25) is 0 Å². The van der Waals surface area contributed by atoms with Crippen LogP contribution < -0.4 is 19.7 Å². The van der Waals surface area contributed by atoms with Gasteiger partial charge in [-0.3, -0.25) is 9.59 Å². The van der Waals surface area contributed by atoms with Crippen molar-refractivity contribution in [3.05, 3.63) is 53.1 Å². The molecule has 1 atom stereocenters. The van der Waals surface area contributed by atoms with Crippen molar-refractivity contribution in [3.8, 4) is 11.5 Å². The number of methoxy groups -OCH3 is 3. The molecule has 1 aliphatic rings. The van der Waals surface area contributed by atoms with Crippen molar-refractivity contribution >= 4 is 23.7 Å². The Kier molecular flexibility index (Phi) is 8.99. The highest BCUT2D eigenvalue weighted by atomic mass is 16.5. The summed E-state index contributed by atoms with van der Waals surface area (Å²) in [7, 11) is 4.45. The predicted molar refractivity (Wildman–Crippen MR) is 134 cm³/mol. The van der Waals surface area contributed by atoms with Gasteiger partial charge in [0.05, 0.1) is 27.4 Å². The average molecular weight is 500 g/mol. The first-order valence-corrected chi connectivity index (χ1v) is 11.7. The number of nitrogens with zero attached hydrogens (tertiary/aromatic N) is 2. The summed E-state index contributed by atoms with van der Waals surface area (Å²) < 4.78 is 15.4. The maximum absolute atomic E-state index is 13.4. The molecule has 1 aliphatic heterocycles. The lowest BCUT2D eigenvalue weighted by atomic mass is 9.99. The van der Waals surface area contributed by atoms with Gasteiger partial charge in [-0.25, -0.2) is 4.79 Å². The number of benzene rings is 2. The second kappa shape index (κ2) is 12.1. The molecule has 0 spiro atoms.